The van der Waals surface area contributed by atoms with Crippen molar-refractivity contribution in [2.45, 2.75) is 0 Å². The molecule has 0 aliphatic rings. The summed E-state index contributed by atoms with van der Waals surface area (Å²) in [5, 5.41) is 0. The summed E-state index contributed by atoms with van der Waals surface area (Å²) in [5.74, 6) is 0. The van der Waals surface area contributed by atoms with Crippen LogP contribution in [0.1, 0.15) is 0 Å². The summed E-state index contributed by atoms with van der Waals surface area (Å²) in [6.07, 6.45) is 0. The zero-order valence-corrected chi connectivity index (χ0v) is 12.3. The van der Waals surface area contributed by atoms with E-state index in [0.717, 1.165) is 0 Å². The van der Waals surface area contributed by atoms with Crippen LogP contribution in [0.15, 0.2) is 36.4 Å². The molecule has 2 radical (unpaired) electrons. The van der Waals surface area contributed by atoms with Crippen LogP contribution in [0.2, 0.25) is 0 Å². The van der Waals surface area contributed by atoms with E-state index < -0.39 is 0 Å². The van der Waals surface area contributed by atoms with Crippen molar-refractivity contribution in [2.75, 3.05) is 0 Å². The maximum atomic E-state index is 7.75. The van der Waals surface area contributed by atoms with Gasteiger partial charge in [0, 0.05) is 34.1 Å². The van der Waals surface area contributed by atoms with Crippen LogP contribution in [0.4, 0.5) is 0 Å². The van der Waals surface area contributed by atoms with E-state index in [0.29, 0.717) is 0 Å². The largest absolute Gasteiger partial charge is 0.999 e. The Morgan fingerprint density at radius 1 is 0.800 bits per heavy atom. The molecule has 0 heterocycles. The molecule has 0 N–H and O–H groups in total. The van der Waals surface area contributed by atoms with E-state index >= 15 is 0 Å². The predicted octanol–water partition coefficient (Wildman–Crippen LogP) is 1.25. The minimum Gasteiger partial charge on any atom is -0.999 e. The minimum atomic E-state index is 0. The summed E-state index contributed by atoms with van der Waals surface area (Å²) in [6, 6.07) is 22.0. The van der Waals surface area contributed by atoms with Gasteiger partial charge >= 0.3 is 20.5 Å². The molecular weight excluding hydrogens is 346 g/mol. The molecule has 2 aromatic rings. The van der Waals surface area contributed by atoms with Crippen molar-refractivity contribution in [1.82, 2.24) is 0 Å². The first-order chi connectivity index (χ1) is 9.00. The smallest absolute Gasteiger partial charge is 0 e. The fraction of sp³-hybridized carbons (Fsp3) is 0. The van der Waals surface area contributed by atoms with Gasteiger partial charge in [0.1, 0.15) is 0 Å². The topological polar surface area (TPSA) is 122 Å². The summed E-state index contributed by atoms with van der Waals surface area (Å²) in [6.45, 7) is 6.50. The number of hydrogen-bond donors (Lipinski definition) is 0. The number of hydrogen-bond acceptors (Lipinski definition) is 4. The van der Waals surface area contributed by atoms with Crippen LogP contribution in [0, 0.1) is 35.2 Å². The Balaban J connectivity index is -0.0000000311. The molecule has 110 valence electrons. The van der Waals surface area contributed by atoms with Crippen LogP contribution in [0.5, 0.6) is 0 Å². The van der Waals surface area contributed by atoms with Crippen LogP contribution < -0.4 is 0 Å². The van der Waals surface area contributed by atoms with Gasteiger partial charge in [0.25, 0.3) is 0 Å². The minimum absolute atomic E-state index is 0. The van der Waals surface area contributed by atoms with Crippen LogP contribution >= 0.6 is 0 Å². The number of nitrogens with zero attached hydrogens (tertiary/aromatic N) is 2. The Morgan fingerprint density at radius 2 is 1.10 bits per heavy atom. The first kappa shape index (κ1) is 36.2. The average Bonchev–Trinajstić information content (AvgIpc) is 3.25. The van der Waals surface area contributed by atoms with Crippen LogP contribution in [-0.4, -0.2) is 13.6 Å². The van der Waals surface area contributed by atoms with Crippen molar-refractivity contribution in [3.8, 4) is 0 Å². The van der Waals surface area contributed by atoms with Crippen molar-refractivity contribution in [3.63, 3.8) is 0 Å². The van der Waals surface area contributed by atoms with E-state index in [9.17, 15) is 0 Å². The van der Waals surface area contributed by atoms with E-state index in [1.54, 1.807) is 6.07 Å². The molecule has 8 heteroatoms. The predicted molar refractivity (Wildman–Crippen MR) is 57.7 cm³/mol. The van der Waals surface area contributed by atoms with Gasteiger partial charge in [-0.3, -0.25) is 13.6 Å². The molecule has 0 bridgehead atoms. The SMILES string of the molecule is N#[O+].N#[O+].[CH-]=O.[CH-]=O.[Mn].[Mn].[c-]1[c-][c-][cH-][c-]1.c1cc[cH-]c1. The molecule has 0 aliphatic heterocycles. The first-order valence-corrected chi connectivity index (χ1v) is 3.83. The molecule has 0 saturated heterocycles. The average molecular weight is 354 g/mol. The van der Waals surface area contributed by atoms with Crippen molar-refractivity contribution < 1.29 is 53.3 Å². The van der Waals surface area contributed by atoms with Gasteiger partial charge in [-0.25, -0.2) is 12.1 Å². The zero-order valence-electron chi connectivity index (χ0n) is 9.90. The van der Waals surface area contributed by atoms with E-state index in [1.807, 2.05) is 30.3 Å². The number of rotatable bonds is 0. The van der Waals surface area contributed by atoms with Gasteiger partial charge < -0.3 is 39.9 Å². The third kappa shape index (κ3) is 55.1. The molecule has 0 amide bonds. The second-order valence-electron chi connectivity index (χ2n) is 1.65. The fourth-order valence-electron chi connectivity index (χ4n) is 0.501. The van der Waals surface area contributed by atoms with Gasteiger partial charge in [-0.1, -0.05) is 0 Å². The Bertz CT molecular complexity index is 255. The molecule has 6 nitrogen and oxygen atoms in total. The Kier molecular flexibility index (Phi) is 120. The van der Waals surface area contributed by atoms with Gasteiger partial charge in [-0.05, 0) is 0 Å². The summed E-state index contributed by atoms with van der Waals surface area (Å²) < 4.78 is 14.5. The molecule has 2 rings (SSSR count). The molecule has 2 aromatic carbocycles. The molecule has 0 atom stereocenters. The van der Waals surface area contributed by atoms with Crippen molar-refractivity contribution in [2.24, 2.45) is 0 Å². The normalized spacial score (nSPS) is 4.60. The van der Waals surface area contributed by atoms with Crippen LogP contribution in [-0.2, 0) is 53.3 Å². The molecule has 0 saturated carbocycles. The second-order valence-corrected chi connectivity index (χ2v) is 1.65. The van der Waals surface area contributed by atoms with Gasteiger partial charge in [0.05, 0.1) is 0 Å². The zero-order chi connectivity index (χ0) is 15.1. The standard InChI is InChI=1S/C5H5.C5H.2CHO.2Mn.2NO/c2*1-2-4-5-3-1;2*1-2;;;2*1-2/h1-5H;1H;2*1H;;;;/q-1;-5;2*-1;;;2*+1. The van der Waals surface area contributed by atoms with Gasteiger partial charge in [0.2, 0.25) is 0 Å². The van der Waals surface area contributed by atoms with E-state index in [2.05, 4.69) is 37.8 Å². The third-order valence-electron chi connectivity index (χ3n) is 0.907. The Hall–Kier alpha value is -1.58. The summed E-state index contributed by atoms with van der Waals surface area (Å²) >= 11 is 0. The van der Waals surface area contributed by atoms with Gasteiger partial charge in [-0.2, -0.15) is 18.2 Å². The molecule has 0 fully saturated rings. The monoisotopic (exact) mass is 354 g/mol. The molecule has 20 heavy (non-hydrogen) atoms. The first-order valence-electron chi connectivity index (χ1n) is 3.83. The molecule has 0 aromatic heterocycles. The molecule has 0 unspecified atom stereocenters. The Morgan fingerprint density at radius 3 is 1.20 bits per heavy atom. The van der Waals surface area contributed by atoms with Crippen molar-refractivity contribution in [1.29, 1.82) is 10.9 Å². The van der Waals surface area contributed by atoms with Crippen molar-refractivity contribution >= 4 is 13.6 Å². The van der Waals surface area contributed by atoms with Gasteiger partial charge in [0.15, 0.2) is 0 Å². The summed E-state index contributed by atoms with van der Waals surface area (Å²) in [7, 11) is 0. The maximum absolute atomic E-state index is 7.75. The summed E-state index contributed by atoms with van der Waals surface area (Å²) in [5.41, 5.74) is 11.5. The van der Waals surface area contributed by atoms with Crippen LogP contribution in [0.25, 0.3) is 0 Å². The van der Waals surface area contributed by atoms with Gasteiger partial charge in [-0.15, -0.1) is 0 Å². The Labute approximate surface area is 138 Å². The van der Waals surface area contributed by atoms with E-state index in [1.165, 1.54) is 0 Å². The second kappa shape index (κ2) is 66.3. The summed E-state index contributed by atoms with van der Waals surface area (Å²) in [4.78, 5) is 15.5. The van der Waals surface area contributed by atoms with Crippen LogP contribution in [0.3, 0.4) is 0 Å². The quantitative estimate of drug-likeness (QED) is 0.306. The van der Waals surface area contributed by atoms with E-state index in [4.69, 9.17) is 30.1 Å². The maximum Gasteiger partial charge on any atom is 0 e. The molecular formula is C12H8Mn2N2O4-6. The molecule has 0 spiro atoms. The number of carbonyl (C=O) groups excluding carboxylic acids is 2. The van der Waals surface area contributed by atoms with Crippen molar-refractivity contribution in [3.05, 3.63) is 60.7 Å². The molecule has 0 aliphatic carbocycles. The third-order valence-corrected chi connectivity index (χ3v) is 0.907. The fourth-order valence-corrected chi connectivity index (χ4v) is 0.501. The van der Waals surface area contributed by atoms with E-state index in [-0.39, 0.29) is 34.1 Å².